The molecule has 1 amide bonds. The highest BCUT2D eigenvalue weighted by Gasteiger charge is 2.19. The SMILES string of the molecule is C=CCNC(=O)Cn1cc2c(c1)C(=O)CCC2. The number of aromatic nitrogens is 1. The highest BCUT2D eigenvalue weighted by Crippen LogP contribution is 2.21. The molecule has 0 radical (unpaired) electrons. The molecule has 2 rings (SSSR count). The van der Waals surface area contributed by atoms with Crippen molar-refractivity contribution in [3.05, 3.63) is 36.2 Å². The van der Waals surface area contributed by atoms with Gasteiger partial charge >= 0.3 is 0 Å². The lowest BCUT2D eigenvalue weighted by atomic mass is 9.95. The van der Waals surface area contributed by atoms with Crippen LogP contribution >= 0.6 is 0 Å². The molecule has 0 unspecified atom stereocenters. The van der Waals surface area contributed by atoms with E-state index in [2.05, 4.69) is 11.9 Å². The van der Waals surface area contributed by atoms with Crippen LogP contribution in [0.3, 0.4) is 0 Å². The van der Waals surface area contributed by atoms with Gasteiger partial charge in [-0.1, -0.05) is 6.08 Å². The lowest BCUT2D eigenvalue weighted by Gasteiger charge is -2.07. The van der Waals surface area contributed by atoms with Crippen LogP contribution in [-0.4, -0.2) is 22.8 Å². The first-order valence-corrected chi connectivity index (χ1v) is 5.80. The number of rotatable bonds is 4. The second-order valence-corrected chi connectivity index (χ2v) is 4.24. The van der Waals surface area contributed by atoms with E-state index in [-0.39, 0.29) is 18.2 Å². The van der Waals surface area contributed by atoms with Crippen molar-refractivity contribution in [1.82, 2.24) is 9.88 Å². The molecule has 17 heavy (non-hydrogen) atoms. The summed E-state index contributed by atoms with van der Waals surface area (Å²) >= 11 is 0. The number of ketones is 1. The maximum absolute atomic E-state index is 11.6. The van der Waals surface area contributed by atoms with Gasteiger partial charge in [0.15, 0.2) is 5.78 Å². The number of carbonyl (C=O) groups is 2. The Morgan fingerprint density at radius 1 is 1.47 bits per heavy atom. The van der Waals surface area contributed by atoms with Crippen LogP contribution in [0.2, 0.25) is 0 Å². The van der Waals surface area contributed by atoms with Crippen molar-refractivity contribution in [2.75, 3.05) is 6.54 Å². The number of carbonyl (C=O) groups excluding carboxylic acids is 2. The minimum atomic E-state index is -0.0651. The van der Waals surface area contributed by atoms with Crippen molar-refractivity contribution in [3.63, 3.8) is 0 Å². The van der Waals surface area contributed by atoms with Gasteiger partial charge in [0.1, 0.15) is 6.54 Å². The summed E-state index contributed by atoms with van der Waals surface area (Å²) in [7, 11) is 0. The number of hydrogen-bond donors (Lipinski definition) is 1. The lowest BCUT2D eigenvalue weighted by Crippen LogP contribution is -2.27. The first-order valence-electron chi connectivity index (χ1n) is 5.80. The molecule has 0 spiro atoms. The fourth-order valence-electron chi connectivity index (χ4n) is 2.08. The molecule has 0 aromatic carbocycles. The van der Waals surface area contributed by atoms with Gasteiger partial charge in [0.2, 0.25) is 5.91 Å². The predicted octanol–water partition coefficient (Wildman–Crippen LogP) is 1.31. The summed E-state index contributed by atoms with van der Waals surface area (Å²) in [6.45, 7) is 4.27. The molecule has 1 aromatic heterocycles. The Labute approximate surface area is 100 Å². The highest BCUT2D eigenvalue weighted by atomic mass is 16.2. The van der Waals surface area contributed by atoms with E-state index < -0.39 is 0 Å². The standard InChI is InChI=1S/C13H16N2O2/c1-2-6-14-13(17)9-15-7-10-4-3-5-12(16)11(10)8-15/h2,7-8H,1,3-6,9H2,(H,14,17). The lowest BCUT2D eigenvalue weighted by molar-refractivity contribution is -0.121. The van der Waals surface area contributed by atoms with Gasteiger partial charge in [0.25, 0.3) is 0 Å². The molecule has 1 N–H and O–H groups in total. The highest BCUT2D eigenvalue weighted by molar-refractivity contribution is 5.98. The largest absolute Gasteiger partial charge is 0.351 e. The van der Waals surface area contributed by atoms with Crippen molar-refractivity contribution in [3.8, 4) is 0 Å². The summed E-state index contributed by atoms with van der Waals surface area (Å²) in [5.74, 6) is 0.126. The van der Waals surface area contributed by atoms with Crippen molar-refractivity contribution in [2.45, 2.75) is 25.8 Å². The van der Waals surface area contributed by atoms with Gasteiger partial charge in [0, 0.05) is 30.9 Å². The van der Waals surface area contributed by atoms with Gasteiger partial charge in [-0.25, -0.2) is 0 Å². The van der Waals surface area contributed by atoms with Crippen LogP contribution in [0, 0.1) is 0 Å². The molecule has 1 aliphatic rings. The average Bonchev–Trinajstić information content (AvgIpc) is 2.70. The number of hydrogen-bond acceptors (Lipinski definition) is 2. The Balaban J connectivity index is 2.05. The minimum absolute atomic E-state index is 0.0651. The maximum atomic E-state index is 11.6. The zero-order valence-electron chi connectivity index (χ0n) is 9.74. The van der Waals surface area contributed by atoms with Crippen molar-refractivity contribution < 1.29 is 9.59 Å². The summed E-state index contributed by atoms with van der Waals surface area (Å²) in [5.41, 5.74) is 1.85. The Hall–Kier alpha value is -1.84. The van der Waals surface area contributed by atoms with Gasteiger partial charge in [-0.05, 0) is 18.4 Å². The smallest absolute Gasteiger partial charge is 0.240 e. The fraction of sp³-hybridized carbons (Fsp3) is 0.385. The van der Waals surface area contributed by atoms with Crippen molar-refractivity contribution in [1.29, 1.82) is 0 Å². The van der Waals surface area contributed by atoms with Gasteiger partial charge in [-0.2, -0.15) is 0 Å². The zero-order chi connectivity index (χ0) is 12.3. The molecule has 4 heteroatoms. The van der Waals surface area contributed by atoms with Gasteiger partial charge in [-0.3, -0.25) is 9.59 Å². The topological polar surface area (TPSA) is 51.1 Å². The third-order valence-corrected chi connectivity index (χ3v) is 2.88. The summed E-state index contributed by atoms with van der Waals surface area (Å²) in [4.78, 5) is 23.1. The van der Waals surface area contributed by atoms with E-state index in [0.717, 1.165) is 24.0 Å². The molecule has 0 fully saturated rings. The van der Waals surface area contributed by atoms with E-state index in [1.54, 1.807) is 16.8 Å². The fourth-order valence-corrected chi connectivity index (χ4v) is 2.08. The second kappa shape index (κ2) is 4.99. The van der Waals surface area contributed by atoms with E-state index in [1.807, 2.05) is 6.20 Å². The molecule has 0 saturated heterocycles. The number of fused-ring (bicyclic) bond motifs is 1. The van der Waals surface area contributed by atoms with Crippen LogP contribution in [0.5, 0.6) is 0 Å². The number of amides is 1. The van der Waals surface area contributed by atoms with Crippen LogP contribution in [-0.2, 0) is 17.8 Å². The molecule has 4 nitrogen and oxygen atoms in total. The molecule has 90 valence electrons. The van der Waals surface area contributed by atoms with E-state index >= 15 is 0 Å². The molecule has 0 aliphatic heterocycles. The van der Waals surface area contributed by atoms with Crippen LogP contribution < -0.4 is 5.32 Å². The number of Topliss-reactive ketones (excluding diaryl/α,β-unsaturated/α-hetero) is 1. The summed E-state index contributed by atoms with van der Waals surface area (Å²) in [6, 6.07) is 0. The Kier molecular flexibility index (Phi) is 3.42. The van der Waals surface area contributed by atoms with E-state index in [4.69, 9.17) is 0 Å². The first kappa shape index (κ1) is 11.6. The maximum Gasteiger partial charge on any atom is 0.240 e. The number of nitrogens with zero attached hydrogens (tertiary/aromatic N) is 1. The monoisotopic (exact) mass is 232 g/mol. The number of nitrogens with one attached hydrogen (secondary N) is 1. The average molecular weight is 232 g/mol. The third kappa shape index (κ3) is 2.64. The summed E-state index contributed by atoms with van der Waals surface area (Å²) < 4.78 is 1.78. The Morgan fingerprint density at radius 3 is 3.00 bits per heavy atom. The molecule has 1 aliphatic carbocycles. The van der Waals surface area contributed by atoms with Crippen LogP contribution in [0.1, 0.15) is 28.8 Å². The normalized spacial score (nSPS) is 14.2. The van der Waals surface area contributed by atoms with Gasteiger partial charge in [0.05, 0.1) is 0 Å². The Bertz CT molecular complexity index is 460. The molecule has 0 bridgehead atoms. The molecule has 0 atom stereocenters. The molecular formula is C13H16N2O2. The minimum Gasteiger partial charge on any atom is -0.351 e. The molecule has 1 aromatic rings. The van der Waals surface area contributed by atoms with Gasteiger partial charge < -0.3 is 9.88 Å². The second-order valence-electron chi connectivity index (χ2n) is 4.24. The third-order valence-electron chi connectivity index (χ3n) is 2.88. The summed E-state index contributed by atoms with van der Waals surface area (Å²) in [6.07, 6.45) is 7.80. The summed E-state index contributed by atoms with van der Waals surface area (Å²) in [5, 5.41) is 2.71. The van der Waals surface area contributed by atoms with Crippen molar-refractivity contribution in [2.24, 2.45) is 0 Å². The van der Waals surface area contributed by atoms with Crippen molar-refractivity contribution >= 4 is 11.7 Å². The molecule has 0 saturated carbocycles. The predicted molar refractivity (Wildman–Crippen MR) is 64.9 cm³/mol. The van der Waals surface area contributed by atoms with Crippen LogP contribution in [0.15, 0.2) is 25.0 Å². The van der Waals surface area contributed by atoms with Crippen LogP contribution in [0.4, 0.5) is 0 Å². The molecular weight excluding hydrogens is 216 g/mol. The van der Waals surface area contributed by atoms with E-state index in [1.165, 1.54) is 0 Å². The Morgan fingerprint density at radius 2 is 2.29 bits per heavy atom. The van der Waals surface area contributed by atoms with E-state index in [0.29, 0.717) is 13.0 Å². The quantitative estimate of drug-likeness (QED) is 0.796. The zero-order valence-corrected chi connectivity index (χ0v) is 9.74. The van der Waals surface area contributed by atoms with Gasteiger partial charge in [-0.15, -0.1) is 6.58 Å². The first-order chi connectivity index (χ1) is 8.20. The number of aryl methyl sites for hydroxylation is 1. The van der Waals surface area contributed by atoms with E-state index in [9.17, 15) is 9.59 Å². The van der Waals surface area contributed by atoms with Crippen LogP contribution in [0.25, 0.3) is 0 Å². The molecule has 1 heterocycles.